The van der Waals surface area contributed by atoms with Crippen molar-refractivity contribution in [2.75, 3.05) is 11.5 Å². The number of nitrogens with zero attached hydrogens (tertiary/aromatic N) is 4. The van der Waals surface area contributed by atoms with Gasteiger partial charge in [0.2, 0.25) is 0 Å². The first-order chi connectivity index (χ1) is 13.1. The summed E-state index contributed by atoms with van der Waals surface area (Å²) in [4.78, 5) is 8.56. The number of hydrogen-bond donors (Lipinski definition) is 2. The molecule has 0 spiro atoms. The minimum atomic E-state index is -0.460. The van der Waals surface area contributed by atoms with Gasteiger partial charge < -0.3 is 11.5 Å². The molecular formula is C20H17FN6. The number of nitrogens with two attached hydrogens (primary N) is 2. The van der Waals surface area contributed by atoms with Gasteiger partial charge in [-0.15, -0.1) is 0 Å². The highest BCUT2D eigenvalue weighted by Gasteiger charge is 2.27. The van der Waals surface area contributed by atoms with Crippen LogP contribution in [0, 0.1) is 5.82 Å². The number of fused-ring (bicyclic) bond motifs is 2. The third-order valence-corrected chi connectivity index (χ3v) is 5.16. The molecule has 134 valence electrons. The number of anilines is 2. The van der Waals surface area contributed by atoms with E-state index >= 15 is 0 Å². The molecule has 2 aromatic carbocycles. The van der Waals surface area contributed by atoms with E-state index in [1.807, 2.05) is 4.68 Å². The third kappa shape index (κ3) is 2.43. The maximum absolute atomic E-state index is 13.6. The fourth-order valence-electron chi connectivity index (χ4n) is 3.85. The van der Waals surface area contributed by atoms with E-state index in [4.69, 9.17) is 16.6 Å². The average molecular weight is 360 g/mol. The monoisotopic (exact) mass is 360 g/mol. The van der Waals surface area contributed by atoms with Crippen LogP contribution >= 0.6 is 0 Å². The summed E-state index contributed by atoms with van der Waals surface area (Å²) < 4.78 is 15.5. The van der Waals surface area contributed by atoms with Crippen molar-refractivity contribution in [2.45, 2.75) is 18.9 Å². The van der Waals surface area contributed by atoms with Crippen LogP contribution in [-0.4, -0.2) is 19.7 Å². The lowest BCUT2D eigenvalue weighted by Crippen LogP contribution is -2.11. The Labute approximate surface area is 154 Å². The summed E-state index contributed by atoms with van der Waals surface area (Å²) in [5.74, 6) is -0.113. The van der Waals surface area contributed by atoms with Crippen LogP contribution in [0.3, 0.4) is 0 Å². The maximum atomic E-state index is 13.6. The molecule has 0 atom stereocenters. The Bertz CT molecular complexity index is 1160. The second kappa shape index (κ2) is 5.77. The molecule has 2 heterocycles. The molecule has 7 heteroatoms. The van der Waals surface area contributed by atoms with Gasteiger partial charge in [-0.1, -0.05) is 24.3 Å². The van der Waals surface area contributed by atoms with Gasteiger partial charge in [0.15, 0.2) is 5.65 Å². The summed E-state index contributed by atoms with van der Waals surface area (Å²) >= 11 is 0. The minimum absolute atomic E-state index is 0.0684. The van der Waals surface area contributed by atoms with Crippen LogP contribution in [-0.2, 0) is 12.8 Å². The number of nitrogen functional groups attached to an aromatic ring is 2. The van der Waals surface area contributed by atoms with Gasteiger partial charge in [-0.05, 0) is 42.2 Å². The quantitative estimate of drug-likeness (QED) is 0.536. The van der Waals surface area contributed by atoms with E-state index in [0.717, 1.165) is 12.8 Å². The van der Waals surface area contributed by atoms with Gasteiger partial charge in [-0.25, -0.2) is 19.0 Å². The smallest absolute Gasteiger partial charge is 0.164 e. The van der Waals surface area contributed by atoms with Crippen LogP contribution in [0.4, 0.5) is 15.9 Å². The molecular weight excluding hydrogens is 343 g/mol. The molecule has 0 bridgehead atoms. The van der Waals surface area contributed by atoms with Gasteiger partial charge in [0.25, 0.3) is 0 Å². The first-order valence-electron chi connectivity index (χ1n) is 8.72. The van der Waals surface area contributed by atoms with Gasteiger partial charge in [-0.3, -0.25) is 0 Å². The van der Waals surface area contributed by atoms with Crippen LogP contribution in [0.2, 0.25) is 0 Å². The van der Waals surface area contributed by atoms with E-state index in [1.54, 1.807) is 12.1 Å². The second-order valence-corrected chi connectivity index (χ2v) is 6.82. The van der Waals surface area contributed by atoms with Gasteiger partial charge in [0.05, 0.1) is 17.1 Å². The number of aromatic nitrogens is 4. The number of rotatable bonds is 2. The Morgan fingerprint density at radius 3 is 2.44 bits per heavy atom. The van der Waals surface area contributed by atoms with Crippen LogP contribution in [0.5, 0.6) is 0 Å². The minimum Gasteiger partial charge on any atom is -0.396 e. The predicted molar refractivity (Wildman–Crippen MR) is 102 cm³/mol. The Kier molecular flexibility index (Phi) is 3.36. The summed E-state index contributed by atoms with van der Waals surface area (Å²) in [5.41, 5.74) is 16.6. The zero-order valence-corrected chi connectivity index (χ0v) is 14.4. The molecule has 1 aliphatic rings. The normalized spacial score (nSPS) is 14.0. The highest BCUT2D eigenvalue weighted by molar-refractivity contribution is 5.98. The molecule has 1 aliphatic carbocycles. The van der Waals surface area contributed by atoms with Crippen molar-refractivity contribution < 1.29 is 4.39 Å². The third-order valence-electron chi connectivity index (χ3n) is 5.16. The predicted octanol–water partition coefficient (Wildman–Crippen LogP) is 3.14. The fourth-order valence-corrected chi connectivity index (χ4v) is 3.85. The Balaban J connectivity index is 1.69. The molecule has 6 nitrogen and oxygen atoms in total. The van der Waals surface area contributed by atoms with Gasteiger partial charge in [-0.2, -0.15) is 5.10 Å². The van der Waals surface area contributed by atoms with Crippen molar-refractivity contribution >= 4 is 22.5 Å². The number of halogens is 1. The largest absolute Gasteiger partial charge is 0.396 e. The summed E-state index contributed by atoms with van der Waals surface area (Å²) in [6.07, 6.45) is 3.20. The molecule has 5 rings (SSSR count). The van der Waals surface area contributed by atoms with E-state index in [-0.39, 0.29) is 11.7 Å². The lowest BCUT2D eigenvalue weighted by molar-refractivity contribution is 0.488. The molecule has 0 saturated heterocycles. The number of benzene rings is 2. The lowest BCUT2D eigenvalue weighted by Gasteiger charge is -2.10. The van der Waals surface area contributed by atoms with Crippen molar-refractivity contribution in [1.29, 1.82) is 0 Å². The molecule has 0 unspecified atom stereocenters. The Morgan fingerprint density at radius 2 is 1.74 bits per heavy atom. The molecule has 0 fully saturated rings. The highest BCUT2D eigenvalue weighted by atomic mass is 19.1. The molecule has 4 N–H and O–H groups in total. The molecule has 0 amide bonds. The number of hydrogen-bond acceptors (Lipinski definition) is 5. The Morgan fingerprint density at radius 1 is 1.00 bits per heavy atom. The second-order valence-electron chi connectivity index (χ2n) is 6.82. The fraction of sp³-hybridized carbons (Fsp3) is 0.150. The van der Waals surface area contributed by atoms with Gasteiger partial charge in [0.1, 0.15) is 23.7 Å². The molecule has 4 aromatic rings. The Hall–Kier alpha value is -3.48. The first kappa shape index (κ1) is 15.7. The van der Waals surface area contributed by atoms with Crippen molar-refractivity contribution in [3.8, 4) is 11.3 Å². The van der Waals surface area contributed by atoms with Crippen LogP contribution < -0.4 is 11.5 Å². The first-order valence-corrected chi connectivity index (χ1v) is 8.72. The average Bonchev–Trinajstić information content (AvgIpc) is 3.26. The van der Waals surface area contributed by atoms with Crippen molar-refractivity contribution in [2.24, 2.45) is 0 Å². The van der Waals surface area contributed by atoms with E-state index in [0.29, 0.717) is 28.1 Å². The molecule has 0 radical (unpaired) electrons. The maximum Gasteiger partial charge on any atom is 0.164 e. The van der Waals surface area contributed by atoms with Crippen molar-refractivity contribution in [3.63, 3.8) is 0 Å². The molecule has 27 heavy (non-hydrogen) atoms. The van der Waals surface area contributed by atoms with E-state index in [2.05, 4.69) is 34.2 Å². The molecule has 0 saturated carbocycles. The highest BCUT2D eigenvalue weighted by Crippen LogP contribution is 2.36. The lowest BCUT2D eigenvalue weighted by atomic mass is 10.1. The van der Waals surface area contributed by atoms with E-state index in [9.17, 15) is 4.39 Å². The summed E-state index contributed by atoms with van der Waals surface area (Å²) in [6, 6.07) is 13.1. The van der Waals surface area contributed by atoms with Crippen molar-refractivity contribution in [3.05, 3.63) is 65.7 Å². The van der Waals surface area contributed by atoms with Crippen molar-refractivity contribution in [1.82, 2.24) is 19.7 Å². The van der Waals surface area contributed by atoms with Crippen LogP contribution in [0.25, 0.3) is 22.3 Å². The SMILES string of the molecule is Nc1cc(-c2nn(C3Cc4ccccc4C3)c3ncnc(N)c23)ccc1F. The van der Waals surface area contributed by atoms with Crippen LogP contribution in [0.1, 0.15) is 17.2 Å². The summed E-state index contributed by atoms with van der Waals surface area (Å²) in [5, 5.41) is 5.48. The van der Waals surface area contributed by atoms with Crippen LogP contribution in [0.15, 0.2) is 48.8 Å². The molecule has 0 aliphatic heterocycles. The van der Waals surface area contributed by atoms with Gasteiger partial charge >= 0.3 is 0 Å². The van der Waals surface area contributed by atoms with E-state index in [1.165, 1.54) is 23.5 Å². The summed E-state index contributed by atoms with van der Waals surface area (Å²) in [6.45, 7) is 0. The zero-order chi connectivity index (χ0) is 18.5. The summed E-state index contributed by atoms with van der Waals surface area (Å²) in [7, 11) is 0. The zero-order valence-electron chi connectivity index (χ0n) is 14.4. The topological polar surface area (TPSA) is 95.6 Å². The van der Waals surface area contributed by atoms with Gasteiger partial charge in [0, 0.05) is 5.56 Å². The standard InChI is InChI=1S/C20H17FN6/c21-15-6-5-13(9-16(15)22)18-17-19(23)24-10-25-20(17)27(26-18)14-7-11-3-1-2-4-12(11)8-14/h1-6,9-10,14H,7-8,22H2,(H2,23,24,25). The molecule has 2 aromatic heterocycles. The van der Waals surface area contributed by atoms with E-state index < -0.39 is 5.82 Å².